The lowest BCUT2D eigenvalue weighted by Gasteiger charge is -2.06. The Labute approximate surface area is 110 Å². The number of nitrogens with two attached hydrogens (primary N) is 1. The first-order valence-electron chi connectivity index (χ1n) is 5.76. The minimum absolute atomic E-state index is 0.194. The Morgan fingerprint density at radius 2 is 2.37 bits per heavy atom. The van der Waals surface area contributed by atoms with Crippen molar-refractivity contribution in [3.05, 3.63) is 30.0 Å². The molecule has 1 atom stereocenters. The predicted octanol–water partition coefficient (Wildman–Crippen LogP) is 1.13. The van der Waals surface area contributed by atoms with Crippen LogP contribution in [0.2, 0.25) is 0 Å². The molecule has 2 aromatic rings. The number of ether oxygens (including phenoxy) is 1. The van der Waals surface area contributed by atoms with Crippen LogP contribution >= 0.6 is 0 Å². The van der Waals surface area contributed by atoms with Crippen LogP contribution in [0.5, 0.6) is 5.75 Å². The van der Waals surface area contributed by atoms with Crippen molar-refractivity contribution >= 4 is 16.9 Å². The molecule has 0 amide bonds. The highest BCUT2D eigenvalue weighted by atomic mass is 16.5. The summed E-state index contributed by atoms with van der Waals surface area (Å²) in [5, 5.41) is 9.74. The van der Waals surface area contributed by atoms with Crippen LogP contribution in [0.15, 0.2) is 24.4 Å². The van der Waals surface area contributed by atoms with Gasteiger partial charge in [-0.15, -0.1) is 6.42 Å². The van der Waals surface area contributed by atoms with Crippen LogP contribution in [0.3, 0.4) is 0 Å². The summed E-state index contributed by atoms with van der Waals surface area (Å²) in [5.74, 6) is 2.02. The van der Waals surface area contributed by atoms with E-state index in [0.29, 0.717) is 5.75 Å². The summed E-state index contributed by atoms with van der Waals surface area (Å²) in [6, 6.07) is 4.57. The van der Waals surface area contributed by atoms with Gasteiger partial charge in [0.15, 0.2) is 0 Å². The lowest BCUT2D eigenvalue weighted by Crippen LogP contribution is -2.32. The van der Waals surface area contributed by atoms with Crippen LogP contribution in [0.1, 0.15) is 5.56 Å². The summed E-state index contributed by atoms with van der Waals surface area (Å²) in [6.07, 6.45) is 7.16. The molecule has 0 aliphatic carbocycles. The van der Waals surface area contributed by atoms with E-state index in [1.807, 2.05) is 12.1 Å². The second kappa shape index (κ2) is 5.46. The molecule has 0 radical (unpaired) electrons. The van der Waals surface area contributed by atoms with E-state index < -0.39 is 12.0 Å². The number of H-pyrrole nitrogens is 1. The number of terminal acetylenes is 1. The van der Waals surface area contributed by atoms with Crippen molar-refractivity contribution in [1.29, 1.82) is 0 Å². The molecule has 1 heterocycles. The third-order valence-corrected chi connectivity index (χ3v) is 2.82. The minimum Gasteiger partial charge on any atom is -0.481 e. The van der Waals surface area contributed by atoms with Crippen molar-refractivity contribution < 1.29 is 14.6 Å². The highest BCUT2D eigenvalue weighted by Gasteiger charge is 2.15. The molecule has 5 heteroatoms. The molecule has 98 valence electrons. The Balaban J connectivity index is 2.29. The monoisotopic (exact) mass is 258 g/mol. The lowest BCUT2D eigenvalue weighted by atomic mass is 10.1. The van der Waals surface area contributed by atoms with Gasteiger partial charge < -0.3 is 20.6 Å². The van der Waals surface area contributed by atoms with Crippen molar-refractivity contribution in [2.75, 3.05) is 6.61 Å². The van der Waals surface area contributed by atoms with Gasteiger partial charge in [0.05, 0.1) is 0 Å². The second-order valence-corrected chi connectivity index (χ2v) is 4.16. The average Bonchev–Trinajstić information content (AvgIpc) is 2.79. The highest BCUT2D eigenvalue weighted by molar-refractivity contribution is 5.85. The summed E-state index contributed by atoms with van der Waals surface area (Å²) in [6.45, 7) is 0.194. The maximum absolute atomic E-state index is 10.8. The van der Waals surface area contributed by atoms with E-state index in [1.54, 1.807) is 12.3 Å². The molecule has 0 spiro atoms. The smallest absolute Gasteiger partial charge is 0.320 e. The maximum Gasteiger partial charge on any atom is 0.320 e. The van der Waals surface area contributed by atoms with E-state index in [2.05, 4.69) is 10.9 Å². The van der Waals surface area contributed by atoms with E-state index in [0.717, 1.165) is 16.5 Å². The zero-order valence-electron chi connectivity index (χ0n) is 10.2. The van der Waals surface area contributed by atoms with Crippen LogP contribution in [0.4, 0.5) is 0 Å². The van der Waals surface area contributed by atoms with Crippen LogP contribution < -0.4 is 10.5 Å². The Bertz CT molecular complexity index is 640. The van der Waals surface area contributed by atoms with Gasteiger partial charge in [0.25, 0.3) is 0 Å². The van der Waals surface area contributed by atoms with E-state index in [9.17, 15) is 4.79 Å². The van der Waals surface area contributed by atoms with Gasteiger partial charge in [0.2, 0.25) is 0 Å². The number of nitrogens with one attached hydrogen (secondary N) is 1. The molecule has 0 fully saturated rings. The van der Waals surface area contributed by atoms with E-state index in [-0.39, 0.29) is 13.0 Å². The van der Waals surface area contributed by atoms with Crippen LogP contribution in [-0.2, 0) is 11.2 Å². The number of aliphatic carboxylic acids is 1. The summed E-state index contributed by atoms with van der Waals surface area (Å²) >= 11 is 0. The quantitative estimate of drug-likeness (QED) is 0.701. The second-order valence-electron chi connectivity index (χ2n) is 4.16. The molecule has 0 aliphatic heterocycles. The largest absolute Gasteiger partial charge is 0.481 e. The molecular formula is C14H14N2O3. The summed E-state index contributed by atoms with van der Waals surface area (Å²) in [5.41, 5.74) is 7.29. The number of fused-ring (bicyclic) bond motifs is 1. The fourth-order valence-corrected chi connectivity index (χ4v) is 1.87. The molecule has 5 nitrogen and oxygen atoms in total. The molecule has 19 heavy (non-hydrogen) atoms. The van der Waals surface area contributed by atoms with Gasteiger partial charge in [-0.3, -0.25) is 4.79 Å². The van der Waals surface area contributed by atoms with Crippen LogP contribution in [-0.4, -0.2) is 28.7 Å². The van der Waals surface area contributed by atoms with Crippen LogP contribution in [0, 0.1) is 12.3 Å². The third kappa shape index (κ3) is 2.87. The first-order valence-corrected chi connectivity index (χ1v) is 5.76. The molecular weight excluding hydrogens is 244 g/mol. The summed E-state index contributed by atoms with van der Waals surface area (Å²) in [4.78, 5) is 13.9. The van der Waals surface area contributed by atoms with Gasteiger partial charge in [0, 0.05) is 23.5 Å². The van der Waals surface area contributed by atoms with Gasteiger partial charge >= 0.3 is 5.97 Å². The molecule has 0 bridgehead atoms. The average molecular weight is 258 g/mol. The number of aromatic nitrogens is 1. The minimum atomic E-state index is -1.02. The Hall–Kier alpha value is -2.45. The fraction of sp³-hybridized carbons (Fsp3) is 0.214. The summed E-state index contributed by atoms with van der Waals surface area (Å²) in [7, 11) is 0. The van der Waals surface area contributed by atoms with Crippen molar-refractivity contribution in [3.63, 3.8) is 0 Å². The SMILES string of the molecule is C#CCOc1ccc2[nH]cc(C[C@H](N)C(=O)O)c2c1. The third-order valence-electron chi connectivity index (χ3n) is 2.82. The van der Waals surface area contributed by atoms with E-state index >= 15 is 0 Å². The van der Waals surface area contributed by atoms with Gasteiger partial charge in [-0.25, -0.2) is 0 Å². The number of carboxylic acids is 1. The zero-order chi connectivity index (χ0) is 13.8. The normalized spacial score (nSPS) is 12.0. The molecule has 1 aromatic carbocycles. The number of aromatic amines is 1. The lowest BCUT2D eigenvalue weighted by molar-refractivity contribution is -0.138. The van der Waals surface area contributed by atoms with Gasteiger partial charge in [-0.2, -0.15) is 0 Å². The van der Waals surface area contributed by atoms with Crippen molar-refractivity contribution in [3.8, 4) is 18.1 Å². The van der Waals surface area contributed by atoms with Gasteiger partial charge in [-0.1, -0.05) is 5.92 Å². The van der Waals surface area contributed by atoms with E-state index in [1.165, 1.54) is 0 Å². The number of benzene rings is 1. The summed E-state index contributed by atoms with van der Waals surface area (Å²) < 4.78 is 5.34. The maximum atomic E-state index is 10.8. The van der Waals surface area contributed by atoms with Crippen molar-refractivity contribution in [1.82, 2.24) is 4.98 Å². The highest BCUT2D eigenvalue weighted by Crippen LogP contribution is 2.24. The number of carbonyl (C=O) groups is 1. The topological polar surface area (TPSA) is 88.3 Å². The predicted molar refractivity (Wildman–Crippen MR) is 71.9 cm³/mol. The molecule has 0 saturated carbocycles. The number of hydrogen-bond acceptors (Lipinski definition) is 3. The molecule has 2 rings (SSSR count). The van der Waals surface area contributed by atoms with Crippen LogP contribution in [0.25, 0.3) is 10.9 Å². The number of hydrogen-bond donors (Lipinski definition) is 3. The van der Waals surface area contributed by atoms with Gasteiger partial charge in [-0.05, 0) is 23.8 Å². The van der Waals surface area contributed by atoms with Gasteiger partial charge in [0.1, 0.15) is 18.4 Å². The van der Waals surface area contributed by atoms with Crippen molar-refractivity contribution in [2.24, 2.45) is 5.73 Å². The zero-order valence-corrected chi connectivity index (χ0v) is 10.2. The molecule has 1 aromatic heterocycles. The van der Waals surface area contributed by atoms with Crippen molar-refractivity contribution in [2.45, 2.75) is 12.5 Å². The van der Waals surface area contributed by atoms with E-state index in [4.69, 9.17) is 22.0 Å². The molecule has 0 unspecified atom stereocenters. The molecule has 0 saturated heterocycles. The Morgan fingerprint density at radius 3 is 3.05 bits per heavy atom. The molecule has 4 N–H and O–H groups in total. The Morgan fingerprint density at radius 1 is 1.58 bits per heavy atom. The standard InChI is InChI=1S/C14H14N2O3/c1-2-5-19-10-3-4-13-11(7-10)9(8-16-13)6-12(15)14(17)18/h1,3-4,7-8,12,16H,5-6,15H2,(H,17,18)/t12-/m0/s1. The Kier molecular flexibility index (Phi) is 3.74. The molecule has 0 aliphatic rings. The number of carboxylic acid groups (broad SMARTS) is 1. The first-order chi connectivity index (χ1) is 9.11. The first kappa shape index (κ1) is 13.0. The number of rotatable bonds is 5. The fourth-order valence-electron chi connectivity index (χ4n) is 1.87.